The van der Waals surface area contributed by atoms with E-state index >= 15 is 0 Å². The van der Waals surface area contributed by atoms with Crippen molar-refractivity contribution in [2.24, 2.45) is 0 Å². The molecule has 3 amide bonds. The van der Waals surface area contributed by atoms with E-state index in [-0.39, 0.29) is 12.1 Å². The van der Waals surface area contributed by atoms with E-state index in [4.69, 9.17) is 9.47 Å². The predicted molar refractivity (Wildman–Crippen MR) is 120 cm³/mol. The van der Waals surface area contributed by atoms with Crippen molar-refractivity contribution in [3.05, 3.63) is 65.5 Å². The molecular formula is C23H26N2O5S. The van der Waals surface area contributed by atoms with Crippen LogP contribution in [0.15, 0.2) is 59.9 Å². The molecule has 1 saturated heterocycles. The second-order valence-corrected chi connectivity index (χ2v) is 8.08. The Morgan fingerprint density at radius 3 is 2.81 bits per heavy atom. The molecule has 31 heavy (non-hydrogen) atoms. The van der Waals surface area contributed by atoms with Gasteiger partial charge in [0.15, 0.2) is 0 Å². The van der Waals surface area contributed by atoms with Crippen molar-refractivity contribution in [2.45, 2.75) is 37.0 Å². The maximum Gasteiger partial charge on any atom is 0.409 e. The molecule has 1 N–H and O–H groups in total. The van der Waals surface area contributed by atoms with Crippen molar-refractivity contribution in [3.63, 3.8) is 0 Å². The smallest absolute Gasteiger partial charge is 0.409 e. The molecule has 0 aromatic heterocycles. The average molecular weight is 443 g/mol. The molecule has 7 nitrogen and oxygen atoms in total. The molecule has 3 rings (SSSR count). The fourth-order valence-electron chi connectivity index (χ4n) is 3.33. The lowest BCUT2D eigenvalue weighted by atomic mass is 10.0. The van der Waals surface area contributed by atoms with Gasteiger partial charge in [0.1, 0.15) is 18.1 Å². The maximum atomic E-state index is 11.6. The van der Waals surface area contributed by atoms with Crippen LogP contribution in [0.5, 0.6) is 5.75 Å². The number of nitrogens with one attached hydrogen (secondary N) is 1. The Labute approximate surface area is 187 Å². The summed E-state index contributed by atoms with van der Waals surface area (Å²) in [4.78, 5) is 35.2. The van der Waals surface area contributed by atoms with Gasteiger partial charge < -0.3 is 14.4 Å². The van der Waals surface area contributed by atoms with Crippen LogP contribution in [0.1, 0.15) is 24.8 Å². The summed E-state index contributed by atoms with van der Waals surface area (Å²) < 4.78 is 11.1. The number of hydrogen-bond acceptors (Lipinski definition) is 6. The summed E-state index contributed by atoms with van der Waals surface area (Å²) in [5.74, 6) is 1.13. The molecular weight excluding hydrogens is 416 g/mol. The topological polar surface area (TPSA) is 84.9 Å². The molecule has 1 aliphatic heterocycles. The van der Waals surface area contributed by atoms with Crippen LogP contribution in [0.4, 0.5) is 4.79 Å². The van der Waals surface area contributed by atoms with E-state index in [9.17, 15) is 14.4 Å². The lowest BCUT2D eigenvalue weighted by Crippen LogP contribution is -2.31. The Morgan fingerprint density at radius 1 is 1.35 bits per heavy atom. The Balaban J connectivity index is 1.60. The minimum atomic E-state index is -0.597. The van der Waals surface area contributed by atoms with E-state index in [0.717, 1.165) is 36.2 Å². The van der Waals surface area contributed by atoms with E-state index in [2.05, 4.69) is 30.1 Å². The minimum absolute atomic E-state index is 0.0393. The molecule has 2 unspecified atom stereocenters. The number of imide groups is 1. The van der Waals surface area contributed by atoms with Gasteiger partial charge in [-0.3, -0.25) is 14.9 Å². The Morgan fingerprint density at radius 2 is 2.13 bits per heavy atom. The Hall–Kier alpha value is -3.00. The summed E-state index contributed by atoms with van der Waals surface area (Å²) >= 11 is 4.23. The molecule has 1 fully saturated rings. The Bertz CT molecular complexity index is 907. The first-order valence-electron chi connectivity index (χ1n) is 10.1. The third-order valence-electron chi connectivity index (χ3n) is 5.18. The summed E-state index contributed by atoms with van der Waals surface area (Å²) in [5, 5.41) is 1.51. The SMILES string of the molecule is CN1C(=O)OCC1CC1=C/C=C(/Oc2ccc(CC(S)C(=O)NC=O)cc2)CC/C=C\1. The zero-order valence-corrected chi connectivity index (χ0v) is 18.2. The van der Waals surface area contributed by atoms with Gasteiger partial charge in [-0.2, -0.15) is 12.6 Å². The number of ether oxygens (including phenoxy) is 2. The highest BCUT2D eigenvalue weighted by atomic mass is 32.1. The van der Waals surface area contributed by atoms with Crippen molar-refractivity contribution in [3.8, 4) is 5.75 Å². The van der Waals surface area contributed by atoms with Gasteiger partial charge in [0, 0.05) is 13.5 Å². The first-order chi connectivity index (χ1) is 15.0. The van der Waals surface area contributed by atoms with Gasteiger partial charge >= 0.3 is 6.09 Å². The molecule has 2 atom stereocenters. The summed E-state index contributed by atoms with van der Waals surface area (Å²) in [6.07, 6.45) is 11.0. The van der Waals surface area contributed by atoms with Gasteiger partial charge in [-0.05, 0) is 48.6 Å². The van der Waals surface area contributed by atoms with Gasteiger partial charge in [0.05, 0.1) is 11.3 Å². The van der Waals surface area contributed by atoms with Gasteiger partial charge in [0.2, 0.25) is 12.3 Å². The highest BCUT2D eigenvalue weighted by Crippen LogP contribution is 2.23. The van der Waals surface area contributed by atoms with Gasteiger partial charge in [-0.15, -0.1) is 0 Å². The van der Waals surface area contributed by atoms with E-state index in [0.29, 0.717) is 25.2 Å². The third kappa shape index (κ3) is 6.49. The van der Waals surface area contributed by atoms with Crippen LogP contribution in [0.2, 0.25) is 0 Å². The number of thiol groups is 1. The first kappa shape index (κ1) is 22.7. The van der Waals surface area contributed by atoms with Crippen LogP contribution in [-0.4, -0.2) is 48.3 Å². The van der Waals surface area contributed by atoms with Crippen LogP contribution in [0, 0.1) is 0 Å². The number of benzene rings is 1. The van der Waals surface area contributed by atoms with Gasteiger partial charge in [-0.1, -0.05) is 30.4 Å². The number of nitrogens with zero attached hydrogens (tertiary/aromatic N) is 1. The number of allylic oxidation sites excluding steroid dienone is 5. The number of carbonyl (C=O) groups excluding carboxylic acids is 3. The van der Waals surface area contributed by atoms with Crippen LogP contribution >= 0.6 is 12.6 Å². The molecule has 1 aromatic rings. The molecule has 0 spiro atoms. The number of cyclic esters (lactones) is 1. The van der Waals surface area contributed by atoms with Gasteiger partial charge in [-0.25, -0.2) is 4.79 Å². The van der Waals surface area contributed by atoms with Crippen molar-refractivity contribution in [1.82, 2.24) is 10.2 Å². The van der Waals surface area contributed by atoms with E-state index in [1.807, 2.05) is 36.4 Å². The lowest BCUT2D eigenvalue weighted by molar-refractivity contribution is -0.124. The normalized spacial score (nSPS) is 23.9. The molecule has 0 radical (unpaired) electrons. The van der Waals surface area contributed by atoms with Crippen molar-refractivity contribution in [1.29, 1.82) is 0 Å². The monoisotopic (exact) mass is 442 g/mol. The number of hydrogen-bond donors (Lipinski definition) is 2. The largest absolute Gasteiger partial charge is 0.462 e. The zero-order valence-electron chi connectivity index (χ0n) is 17.3. The molecule has 2 aliphatic rings. The van der Waals surface area contributed by atoms with E-state index in [1.54, 1.807) is 11.9 Å². The van der Waals surface area contributed by atoms with Crippen LogP contribution in [0.25, 0.3) is 0 Å². The molecule has 0 bridgehead atoms. The zero-order chi connectivity index (χ0) is 22.2. The van der Waals surface area contributed by atoms with Crippen molar-refractivity contribution in [2.75, 3.05) is 13.7 Å². The van der Waals surface area contributed by atoms with Crippen LogP contribution in [0.3, 0.4) is 0 Å². The van der Waals surface area contributed by atoms with Crippen LogP contribution in [-0.2, 0) is 20.7 Å². The second kappa shape index (κ2) is 10.9. The summed E-state index contributed by atoms with van der Waals surface area (Å²) in [6.45, 7) is 0.407. The standard InChI is InChI=1S/C23H26N2O5S/c1-25-18(14-29-23(25)28)12-16-4-2-3-5-19(9-6-16)30-20-10-7-17(8-11-20)13-21(31)22(27)24-15-26/h2,4,6-11,15,18,21,31H,3,5,12-14H2,1H3,(H,24,26,27)/b4-2-,16-6+,19-9+. The molecule has 1 aromatic carbocycles. The molecule has 1 heterocycles. The summed E-state index contributed by atoms with van der Waals surface area (Å²) in [5.41, 5.74) is 2.03. The number of rotatable bonds is 8. The number of amides is 3. The second-order valence-electron chi connectivity index (χ2n) is 7.45. The fourth-order valence-corrected chi connectivity index (χ4v) is 3.62. The summed E-state index contributed by atoms with van der Waals surface area (Å²) in [7, 11) is 1.76. The molecule has 8 heteroatoms. The maximum absolute atomic E-state index is 11.6. The van der Waals surface area contributed by atoms with E-state index < -0.39 is 11.2 Å². The first-order valence-corrected chi connectivity index (χ1v) is 10.6. The molecule has 164 valence electrons. The highest BCUT2D eigenvalue weighted by molar-refractivity contribution is 7.81. The highest BCUT2D eigenvalue weighted by Gasteiger charge is 2.29. The van der Waals surface area contributed by atoms with Crippen molar-refractivity contribution < 1.29 is 23.9 Å². The molecule has 1 aliphatic carbocycles. The quantitative estimate of drug-likeness (QED) is 0.477. The van der Waals surface area contributed by atoms with Crippen molar-refractivity contribution >= 4 is 31.0 Å². The minimum Gasteiger partial charge on any atom is -0.462 e. The average Bonchev–Trinajstić information content (AvgIpc) is 3.06. The number of likely N-dealkylation sites (N-methyl/N-ethyl adjacent to an activating group) is 1. The third-order valence-corrected chi connectivity index (χ3v) is 5.60. The van der Waals surface area contributed by atoms with Gasteiger partial charge in [0.25, 0.3) is 0 Å². The number of carbonyl (C=O) groups is 3. The summed E-state index contributed by atoms with van der Waals surface area (Å²) in [6, 6.07) is 7.50. The predicted octanol–water partition coefficient (Wildman–Crippen LogP) is 3.18. The van der Waals surface area contributed by atoms with Crippen LogP contribution < -0.4 is 10.1 Å². The van der Waals surface area contributed by atoms with E-state index in [1.165, 1.54) is 0 Å². The lowest BCUT2D eigenvalue weighted by Gasteiger charge is -2.17. The Kier molecular flexibility index (Phi) is 7.94. The molecule has 0 saturated carbocycles. The fraction of sp³-hybridized carbons (Fsp3) is 0.348.